The van der Waals surface area contributed by atoms with Gasteiger partial charge in [0.25, 0.3) is 11.5 Å². The van der Waals surface area contributed by atoms with Crippen LogP contribution in [0.5, 0.6) is 0 Å². The molecule has 2 aliphatic rings. The molecule has 1 aromatic carbocycles. The molecular weight excluding hydrogens is 559 g/mol. The fourth-order valence-corrected chi connectivity index (χ4v) is 7.20. The number of thiazole rings is 1. The number of nitrogens with zero attached hydrogens (tertiary/aromatic N) is 3. The molecule has 0 aliphatic carbocycles. The third-order valence-corrected chi connectivity index (χ3v) is 9.17. The van der Waals surface area contributed by atoms with E-state index in [2.05, 4.69) is 11.0 Å². The summed E-state index contributed by atoms with van der Waals surface area (Å²) in [5.41, 5.74) is 1.58. The average molecular weight is 580 g/mol. The van der Waals surface area contributed by atoms with Gasteiger partial charge in [-0.05, 0) is 36.8 Å². The Kier molecular flexibility index (Phi) is 8.23. The Balaban J connectivity index is 1.82. The molecule has 2 aromatic rings. The van der Waals surface area contributed by atoms with Crippen molar-refractivity contribution >= 4 is 85.9 Å². The molecule has 1 fully saturated rings. The molecule has 194 valence electrons. The highest BCUT2D eigenvalue weighted by Crippen LogP contribution is 2.46. The van der Waals surface area contributed by atoms with Crippen molar-refractivity contribution in [3.63, 3.8) is 0 Å². The van der Waals surface area contributed by atoms with E-state index in [1.165, 1.54) is 0 Å². The lowest BCUT2D eigenvalue weighted by Crippen LogP contribution is -2.36. The molecule has 0 unspecified atom stereocenters. The number of allylic oxidation sites excluding steroid dienone is 1. The Hall–Kier alpha value is -2.91. The number of rotatable bonds is 8. The number of carboxylic acids is 2. The van der Waals surface area contributed by atoms with Crippen molar-refractivity contribution in [1.82, 2.24) is 9.47 Å². The van der Waals surface area contributed by atoms with Gasteiger partial charge in [0.2, 0.25) is 0 Å². The third kappa shape index (κ3) is 5.67. The minimum atomic E-state index is -1.25. The number of aryl methyl sites for hydroxylation is 1. The minimum absolute atomic E-state index is 0.0294. The minimum Gasteiger partial charge on any atom is -0.480 e. The summed E-state index contributed by atoms with van der Waals surface area (Å²) < 4.78 is 6.65. The second-order valence-electron chi connectivity index (χ2n) is 7.93. The number of thioether (sulfide) groups is 2. The molecule has 14 heteroatoms. The van der Waals surface area contributed by atoms with E-state index >= 15 is 0 Å². The number of hydrogen-bond acceptors (Lipinski definition) is 10. The van der Waals surface area contributed by atoms with Crippen molar-refractivity contribution in [3.8, 4) is 0 Å². The number of anilines is 1. The van der Waals surface area contributed by atoms with Gasteiger partial charge in [-0.25, -0.2) is 0 Å². The van der Waals surface area contributed by atoms with Crippen LogP contribution in [0.25, 0.3) is 11.0 Å². The molecule has 1 amide bonds. The van der Waals surface area contributed by atoms with E-state index in [9.17, 15) is 24.3 Å². The van der Waals surface area contributed by atoms with Gasteiger partial charge in [-0.1, -0.05) is 41.8 Å². The summed E-state index contributed by atoms with van der Waals surface area (Å²) in [5, 5.41) is 19.3. The number of carbonyl (C=O) groups is 3. The lowest BCUT2D eigenvalue weighted by Gasteiger charge is -2.20. The Morgan fingerprint density at radius 2 is 1.81 bits per heavy atom. The highest BCUT2D eigenvalue weighted by molar-refractivity contribution is 8.30. The van der Waals surface area contributed by atoms with Crippen LogP contribution in [0, 0.1) is 6.92 Å². The van der Waals surface area contributed by atoms with Crippen LogP contribution in [0.1, 0.15) is 5.56 Å². The summed E-state index contributed by atoms with van der Waals surface area (Å²) in [5.74, 6) is -3.17. The van der Waals surface area contributed by atoms with Crippen molar-refractivity contribution in [3.05, 3.63) is 54.4 Å². The van der Waals surface area contributed by atoms with E-state index in [4.69, 9.17) is 22.1 Å². The molecule has 1 aromatic heterocycles. The van der Waals surface area contributed by atoms with Gasteiger partial charge in [-0.2, -0.15) is 0 Å². The van der Waals surface area contributed by atoms with E-state index in [0.717, 1.165) is 53.7 Å². The van der Waals surface area contributed by atoms with Crippen molar-refractivity contribution in [2.24, 2.45) is 0 Å². The SMILES string of the molecule is COCCN1/C(=C\C=c2/s/c(=C3\SC(=S)N(CC(=O)O)C3=O)n(CC(=O)O)c2=O)Sc2ccc(C)cc21. The number of benzene rings is 1. The quantitative estimate of drug-likeness (QED) is 0.438. The zero-order valence-corrected chi connectivity index (χ0v) is 22.9. The van der Waals surface area contributed by atoms with E-state index in [1.54, 1.807) is 31.0 Å². The molecule has 2 N–H and O–H groups in total. The first-order valence-corrected chi connectivity index (χ1v) is 13.6. The van der Waals surface area contributed by atoms with E-state index < -0.39 is 36.5 Å². The van der Waals surface area contributed by atoms with Gasteiger partial charge in [0.05, 0.1) is 21.9 Å². The van der Waals surface area contributed by atoms with Crippen molar-refractivity contribution in [2.75, 3.05) is 31.7 Å². The topological polar surface area (TPSA) is 129 Å². The van der Waals surface area contributed by atoms with Gasteiger partial charge in [-0.3, -0.25) is 28.6 Å². The third-order valence-electron chi connectivity index (χ3n) is 5.32. The number of aromatic nitrogens is 1. The number of thiocarbonyl (C=S) groups is 1. The highest BCUT2D eigenvalue weighted by atomic mass is 32.2. The summed E-state index contributed by atoms with van der Waals surface area (Å²) >= 11 is 8.50. The van der Waals surface area contributed by atoms with Crippen LogP contribution in [0.15, 0.2) is 39.0 Å². The normalized spacial score (nSPS) is 18.3. The predicted molar refractivity (Wildman–Crippen MR) is 147 cm³/mol. The molecule has 3 heterocycles. The summed E-state index contributed by atoms with van der Waals surface area (Å²) in [4.78, 5) is 52.8. The zero-order chi connectivity index (χ0) is 26.9. The maximum Gasteiger partial charge on any atom is 0.323 e. The van der Waals surface area contributed by atoms with Gasteiger partial charge < -0.3 is 19.8 Å². The van der Waals surface area contributed by atoms with Crippen LogP contribution in [0.2, 0.25) is 0 Å². The van der Waals surface area contributed by atoms with Crippen LogP contribution >= 0.6 is 47.1 Å². The number of aliphatic carboxylic acids is 2. The molecular formula is C23H21N3O7S4. The Morgan fingerprint density at radius 3 is 2.49 bits per heavy atom. The Bertz CT molecular complexity index is 1530. The molecule has 4 rings (SSSR count). The zero-order valence-electron chi connectivity index (χ0n) is 19.6. The first-order valence-electron chi connectivity index (χ1n) is 10.8. The van der Waals surface area contributed by atoms with Crippen molar-refractivity contribution < 1.29 is 29.3 Å². The standard InChI is InChI=1S/C23H21N3O7S4/c1-12-3-4-14-13(9-12)24(7-8-33-2)16(35-14)6-5-15-20(31)25(10-17(27)28)22(36-15)19-21(32)26(11-18(29)30)23(34)37-19/h3-6,9H,7-8,10-11H2,1-2H3,(H,27,28)(H,29,30)/b15-5-,16-6+,22-19-. The number of hydrogen-bond donors (Lipinski definition) is 2. The first kappa shape index (κ1) is 27.1. The second kappa shape index (κ2) is 11.2. The lowest BCUT2D eigenvalue weighted by molar-refractivity contribution is -0.140. The number of fused-ring (bicyclic) bond motifs is 1. The second-order valence-corrected chi connectivity index (χ2v) is 11.7. The molecule has 0 bridgehead atoms. The van der Waals surface area contributed by atoms with Crippen LogP contribution in [-0.2, 0) is 25.7 Å². The Morgan fingerprint density at radius 1 is 1.08 bits per heavy atom. The number of amides is 1. The van der Waals surface area contributed by atoms with Crippen LogP contribution in [0.4, 0.5) is 5.69 Å². The molecule has 0 spiro atoms. The molecule has 2 aliphatic heterocycles. The number of carboxylic acid groups (broad SMARTS) is 2. The van der Waals surface area contributed by atoms with E-state index in [1.807, 2.05) is 19.1 Å². The van der Waals surface area contributed by atoms with Crippen molar-refractivity contribution in [2.45, 2.75) is 18.4 Å². The van der Waals surface area contributed by atoms with Crippen molar-refractivity contribution in [1.29, 1.82) is 0 Å². The number of methoxy groups -OCH3 is 1. The van der Waals surface area contributed by atoms with Gasteiger partial charge in [0.15, 0.2) is 0 Å². The van der Waals surface area contributed by atoms with Gasteiger partial charge in [0, 0.05) is 18.6 Å². The largest absolute Gasteiger partial charge is 0.480 e. The molecule has 0 atom stereocenters. The summed E-state index contributed by atoms with van der Waals surface area (Å²) in [6.45, 7) is 1.82. The predicted octanol–water partition coefficient (Wildman–Crippen LogP) is 1.24. The average Bonchev–Trinajstić information content (AvgIpc) is 3.43. The van der Waals surface area contributed by atoms with Crippen LogP contribution in [-0.4, -0.2) is 68.7 Å². The molecule has 0 saturated carbocycles. The summed E-state index contributed by atoms with van der Waals surface area (Å²) in [6, 6.07) is 6.13. The smallest absolute Gasteiger partial charge is 0.323 e. The maximum atomic E-state index is 13.2. The van der Waals surface area contributed by atoms with Gasteiger partial charge in [0.1, 0.15) is 27.0 Å². The Labute approximate surface area is 228 Å². The molecule has 0 radical (unpaired) electrons. The highest BCUT2D eigenvalue weighted by Gasteiger charge is 2.35. The number of carbonyl (C=O) groups excluding carboxylic acids is 1. The fraction of sp³-hybridized carbons (Fsp3) is 0.261. The van der Waals surface area contributed by atoms with Gasteiger partial charge in [-0.15, -0.1) is 11.3 Å². The van der Waals surface area contributed by atoms with E-state index in [-0.39, 0.29) is 18.4 Å². The molecule has 37 heavy (non-hydrogen) atoms. The molecule has 10 nitrogen and oxygen atoms in total. The first-order chi connectivity index (χ1) is 17.6. The number of ether oxygens (including phenoxy) is 1. The monoisotopic (exact) mass is 579 g/mol. The van der Waals surface area contributed by atoms with Crippen LogP contribution in [0.3, 0.4) is 0 Å². The summed E-state index contributed by atoms with van der Waals surface area (Å²) in [6.07, 6.45) is 3.39. The van der Waals surface area contributed by atoms with Gasteiger partial charge >= 0.3 is 11.9 Å². The fourth-order valence-electron chi connectivity index (χ4n) is 3.67. The lowest BCUT2D eigenvalue weighted by atomic mass is 10.2. The van der Waals surface area contributed by atoms with Crippen LogP contribution < -0.4 is 19.7 Å². The molecule has 1 saturated heterocycles. The summed E-state index contributed by atoms with van der Waals surface area (Å²) in [7, 11) is 1.62. The maximum absolute atomic E-state index is 13.2. The van der Waals surface area contributed by atoms with E-state index in [0.29, 0.717) is 13.2 Å².